The van der Waals surface area contributed by atoms with Gasteiger partial charge in [-0.2, -0.15) is 0 Å². The minimum atomic E-state index is 1.10. The first-order valence-electron chi connectivity index (χ1n) is 4.94. The minimum Gasteiger partial charge on any atom is -0.248 e. The number of aromatic amines is 1. The topological polar surface area (TPSA) is 19.7 Å². The van der Waals surface area contributed by atoms with Gasteiger partial charge in [0.05, 0.1) is 6.54 Å². The molecule has 0 saturated carbocycles. The Morgan fingerprint density at radius 1 is 1.33 bits per heavy atom. The van der Waals surface area contributed by atoms with Crippen LogP contribution in [0.15, 0.2) is 12.4 Å². The Bertz CT molecular complexity index is 215. The van der Waals surface area contributed by atoms with E-state index >= 15 is 0 Å². The van der Waals surface area contributed by atoms with E-state index < -0.39 is 0 Å². The first kappa shape index (κ1) is 9.30. The van der Waals surface area contributed by atoms with Crippen molar-refractivity contribution in [3.8, 4) is 0 Å². The van der Waals surface area contributed by atoms with Crippen LogP contribution in [0.1, 0.15) is 38.9 Å². The molecule has 2 heteroatoms. The normalized spacial score (nSPS) is 10.5. The number of aryl methyl sites for hydroxylation is 2. The maximum atomic E-state index is 3.25. The predicted octanol–water partition coefficient (Wildman–Crippen LogP) is 2.05. The van der Waals surface area contributed by atoms with Crippen LogP contribution >= 0.6 is 0 Å². The first-order chi connectivity index (χ1) is 5.88. The number of nitrogens with zero attached hydrogens (tertiary/aromatic N) is 1. The lowest BCUT2D eigenvalue weighted by atomic mass is 10.2. The fourth-order valence-electron chi connectivity index (χ4n) is 1.44. The summed E-state index contributed by atoms with van der Waals surface area (Å²) in [6.07, 6.45) is 9.18. The summed E-state index contributed by atoms with van der Waals surface area (Å²) in [5.74, 6) is 1.34. The Balaban J connectivity index is 2.39. The average Bonchev–Trinajstić information content (AvgIpc) is 2.52. The molecule has 0 spiro atoms. The van der Waals surface area contributed by atoms with Crippen LogP contribution in [0, 0.1) is 0 Å². The van der Waals surface area contributed by atoms with Gasteiger partial charge in [0.15, 0.2) is 0 Å². The average molecular weight is 167 g/mol. The van der Waals surface area contributed by atoms with Crippen molar-refractivity contribution in [1.82, 2.24) is 4.98 Å². The van der Waals surface area contributed by atoms with Crippen molar-refractivity contribution in [2.24, 2.45) is 0 Å². The smallest absolute Gasteiger partial charge is 0.248 e. The van der Waals surface area contributed by atoms with Gasteiger partial charge in [0.1, 0.15) is 12.4 Å². The number of hydrogen-bond acceptors (Lipinski definition) is 0. The summed E-state index contributed by atoms with van der Waals surface area (Å²) in [5, 5.41) is 0. The van der Waals surface area contributed by atoms with Crippen molar-refractivity contribution in [2.45, 2.75) is 46.1 Å². The van der Waals surface area contributed by atoms with Crippen molar-refractivity contribution in [3.63, 3.8) is 0 Å². The van der Waals surface area contributed by atoms with Crippen LogP contribution in [0.5, 0.6) is 0 Å². The third-order valence-corrected chi connectivity index (χ3v) is 2.19. The van der Waals surface area contributed by atoms with Gasteiger partial charge in [0.2, 0.25) is 0 Å². The molecule has 0 amide bonds. The molecule has 2 nitrogen and oxygen atoms in total. The van der Waals surface area contributed by atoms with Crippen LogP contribution in [0.3, 0.4) is 0 Å². The molecule has 0 saturated heterocycles. The fourth-order valence-corrected chi connectivity index (χ4v) is 1.44. The van der Waals surface area contributed by atoms with E-state index in [1.54, 1.807) is 0 Å². The summed E-state index contributed by atoms with van der Waals surface area (Å²) in [7, 11) is 0. The molecule has 68 valence electrons. The molecule has 0 aromatic carbocycles. The number of rotatable bonds is 5. The highest BCUT2D eigenvalue weighted by molar-refractivity contribution is 4.75. The standard InChI is InChI=1S/C10H18N2/c1-3-5-6-8-12-9-7-11-10(12)4-2/h7,9H,3-6,8H2,1-2H3/p+1. The van der Waals surface area contributed by atoms with E-state index in [-0.39, 0.29) is 0 Å². The number of H-pyrrole nitrogens is 1. The zero-order valence-corrected chi connectivity index (χ0v) is 8.14. The second kappa shape index (κ2) is 4.96. The molecule has 0 fully saturated rings. The maximum Gasteiger partial charge on any atom is 0.253 e. The zero-order valence-electron chi connectivity index (χ0n) is 8.14. The second-order valence-corrected chi connectivity index (χ2v) is 3.16. The molecule has 0 atom stereocenters. The molecule has 0 aliphatic heterocycles. The van der Waals surface area contributed by atoms with Crippen molar-refractivity contribution < 1.29 is 4.57 Å². The minimum absolute atomic E-state index is 1.10. The van der Waals surface area contributed by atoms with E-state index in [4.69, 9.17) is 0 Å². The van der Waals surface area contributed by atoms with Gasteiger partial charge in [-0.15, -0.1) is 0 Å². The molecule has 0 bridgehead atoms. The number of nitrogens with one attached hydrogen (secondary N) is 1. The van der Waals surface area contributed by atoms with Gasteiger partial charge < -0.3 is 0 Å². The van der Waals surface area contributed by atoms with Crippen LogP contribution < -0.4 is 4.57 Å². The van der Waals surface area contributed by atoms with Gasteiger partial charge in [0, 0.05) is 6.42 Å². The monoisotopic (exact) mass is 167 g/mol. The van der Waals surface area contributed by atoms with Gasteiger partial charge >= 0.3 is 0 Å². The Hall–Kier alpha value is -0.790. The quantitative estimate of drug-likeness (QED) is 0.511. The maximum absolute atomic E-state index is 3.25. The van der Waals surface area contributed by atoms with Crippen LogP contribution in [-0.4, -0.2) is 4.98 Å². The van der Waals surface area contributed by atoms with Crippen LogP contribution in [-0.2, 0) is 13.0 Å². The largest absolute Gasteiger partial charge is 0.253 e. The summed E-state index contributed by atoms with van der Waals surface area (Å²) in [6, 6.07) is 0. The molecule has 12 heavy (non-hydrogen) atoms. The van der Waals surface area contributed by atoms with Crippen molar-refractivity contribution in [2.75, 3.05) is 0 Å². The highest BCUT2D eigenvalue weighted by atomic mass is 15.1. The van der Waals surface area contributed by atoms with E-state index in [2.05, 4.69) is 29.6 Å². The number of imidazole rings is 1. The van der Waals surface area contributed by atoms with Gasteiger partial charge in [-0.1, -0.05) is 20.3 Å². The molecule has 1 aromatic rings. The zero-order chi connectivity index (χ0) is 8.81. The van der Waals surface area contributed by atoms with E-state index in [0.29, 0.717) is 0 Å². The summed E-state index contributed by atoms with van der Waals surface area (Å²) in [5.41, 5.74) is 0. The second-order valence-electron chi connectivity index (χ2n) is 3.16. The first-order valence-corrected chi connectivity index (χ1v) is 4.94. The van der Waals surface area contributed by atoms with Crippen molar-refractivity contribution in [3.05, 3.63) is 18.2 Å². The van der Waals surface area contributed by atoms with Crippen LogP contribution in [0.2, 0.25) is 0 Å². The molecule has 1 heterocycles. The third-order valence-electron chi connectivity index (χ3n) is 2.19. The van der Waals surface area contributed by atoms with E-state index in [1.165, 1.54) is 31.6 Å². The summed E-state index contributed by atoms with van der Waals surface area (Å²) >= 11 is 0. The van der Waals surface area contributed by atoms with E-state index in [9.17, 15) is 0 Å². The van der Waals surface area contributed by atoms with Crippen LogP contribution in [0.4, 0.5) is 0 Å². The predicted molar refractivity (Wildman–Crippen MR) is 49.9 cm³/mol. The Morgan fingerprint density at radius 3 is 2.83 bits per heavy atom. The molecule has 0 aliphatic rings. The molecule has 1 aromatic heterocycles. The number of hydrogen-bond donors (Lipinski definition) is 1. The van der Waals surface area contributed by atoms with Gasteiger partial charge in [-0.25, -0.2) is 9.55 Å². The summed E-state index contributed by atoms with van der Waals surface area (Å²) < 4.78 is 2.32. The van der Waals surface area contributed by atoms with Gasteiger partial charge in [0.25, 0.3) is 5.82 Å². The fraction of sp³-hybridized carbons (Fsp3) is 0.700. The highest BCUT2D eigenvalue weighted by Gasteiger charge is 2.05. The lowest BCUT2D eigenvalue weighted by Crippen LogP contribution is -2.35. The van der Waals surface area contributed by atoms with E-state index in [1.807, 2.05) is 6.20 Å². The van der Waals surface area contributed by atoms with Crippen LogP contribution in [0.25, 0.3) is 0 Å². The Labute approximate surface area is 74.6 Å². The van der Waals surface area contributed by atoms with Gasteiger partial charge in [-0.05, 0) is 12.8 Å². The Kier molecular flexibility index (Phi) is 3.85. The molecule has 1 rings (SSSR count). The molecule has 0 radical (unpaired) electrons. The highest BCUT2D eigenvalue weighted by Crippen LogP contribution is 1.95. The number of aromatic nitrogens is 2. The molecule has 0 unspecified atom stereocenters. The Morgan fingerprint density at radius 2 is 2.17 bits per heavy atom. The molecule has 1 N–H and O–H groups in total. The van der Waals surface area contributed by atoms with Gasteiger partial charge in [-0.3, -0.25) is 0 Å². The molecular weight excluding hydrogens is 148 g/mol. The summed E-state index contributed by atoms with van der Waals surface area (Å²) in [6.45, 7) is 5.59. The number of unbranched alkanes of at least 4 members (excludes halogenated alkanes) is 2. The SMILES string of the molecule is CCCCC[n+]1cc[nH]c1CC. The lowest BCUT2D eigenvalue weighted by molar-refractivity contribution is -0.703. The van der Waals surface area contributed by atoms with Crippen molar-refractivity contribution >= 4 is 0 Å². The van der Waals surface area contributed by atoms with E-state index in [0.717, 1.165) is 6.42 Å². The molecule has 0 aliphatic carbocycles. The summed E-state index contributed by atoms with van der Waals surface area (Å²) in [4.78, 5) is 3.25. The molecular formula is C10H19N2+. The lowest BCUT2D eigenvalue weighted by Gasteiger charge is -1.97. The third kappa shape index (κ3) is 2.36. The van der Waals surface area contributed by atoms with Crippen molar-refractivity contribution in [1.29, 1.82) is 0 Å².